The minimum Gasteiger partial charge on any atom is -0.459 e. The van der Waals surface area contributed by atoms with Crippen LogP contribution in [0.15, 0.2) is 24.4 Å². The summed E-state index contributed by atoms with van der Waals surface area (Å²) in [5.74, 6) is -0.354. The molecule has 0 atom stereocenters. The van der Waals surface area contributed by atoms with Crippen molar-refractivity contribution < 1.29 is 19.1 Å². The van der Waals surface area contributed by atoms with Gasteiger partial charge >= 0.3 is 12.1 Å². The SMILES string of the molecule is CC(C)(C)OC(=O)Cn1cc2cc(NC(=O)OC(C)(C)C)ccc2n1. The van der Waals surface area contributed by atoms with Crippen LogP contribution in [0.25, 0.3) is 10.9 Å². The summed E-state index contributed by atoms with van der Waals surface area (Å²) in [4.78, 5) is 23.7. The zero-order valence-corrected chi connectivity index (χ0v) is 15.5. The Morgan fingerprint density at radius 1 is 1.08 bits per heavy atom. The highest BCUT2D eigenvalue weighted by Crippen LogP contribution is 2.19. The lowest BCUT2D eigenvalue weighted by Gasteiger charge is -2.19. The Balaban J connectivity index is 2.08. The minimum atomic E-state index is -0.563. The molecule has 0 aliphatic rings. The van der Waals surface area contributed by atoms with Crippen LogP contribution in [0.4, 0.5) is 10.5 Å². The molecule has 7 heteroatoms. The maximum absolute atomic E-state index is 11.9. The lowest BCUT2D eigenvalue weighted by molar-refractivity contribution is -0.155. The molecule has 0 aliphatic carbocycles. The topological polar surface area (TPSA) is 82.5 Å². The molecule has 1 heterocycles. The second-order valence-electron chi connectivity index (χ2n) is 7.81. The van der Waals surface area contributed by atoms with Gasteiger partial charge in [-0.3, -0.25) is 14.8 Å². The van der Waals surface area contributed by atoms with Crippen molar-refractivity contribution in [3.05, 3.63) is 24.4 Å². The molecule has 0 spiro atoms. The summed E-state index contributed by atoms with van der Waals surface area (Å²) in [6, 6.07) is 5.28. The number of rotatable bonds is 3. The largest absolute Gasteiger partial charge is 0.459 e. The van der Waals surface area contributed by atoms with Gasteiger partial charge in [-0.1, -0.05) is 0 Å². The first kappa shape index (κ1) is 18.8. The second kappa shape index (κ2) is 6.74. The van der Waals surface area contributed by atoms with E-state index in [-0.39, 0.29) is 12.5 Å². The van der Waals surface area contributed by atoms with Gasteiger partial charge in [0.1, 0.15) is 17.7 Å². The van der Waals surface area contributed by atoms with Crippen molar-refractivity contribution in [2.24, 2.45) is 0 Å². The van der Waals surface area contributed by atoms with Crippen LogP contribution in [0.5, 0.6) is 0 Å². The highest BCUT2D eigenvalue weighted by atomic mass is 16.6. The predicted molar refractivity (Wildman–Crippen MR) is 95.4 cm³/mol. The Morgan fingerprint density at radius 2 is 1.72 bits per heavy atom. The van der Waals surface area contributed by atoms with Gasteiger partial charge in [0.05, 0.1) is 5.52 Å². The van der Waals surface area contributed by atoms with Crippen LogP contribution in [0.3, 0.4) is 0 Å². The third-order valence-electron chi connectivity index (χ3n) is 2.91. The number of anilines is 1. The number of esters is 1. The van der Waals surface area contributed by atoms with E-state index in [9.17, 15) is 9.59 Å². The van der Waals surface area contributed by atoms with Crippen LogP contribution in [-0.2, 0) is 20.8 Å². The number of carbonyl (C=O) groups excluding carboxylic acids is 2. The summed E-state index contributed by atoms with van der Waals surface area (Å²) < 4.78 is 12.0. The fraction of sp³-hybridized carbons (Fsp3) is 0.500. The smallest absolute Gasteiger partial charge is 0.412 e. The van der Waals surface area contributed by atoms with Crippen LogP contribution >= 0.6 is 0 Å². The molecule has 1 N–H and O–H groups in total. The molecule has 2 aromatic rings. The van der Waals surface area contributed by atoms with Crippen LogP contribution in [0.1, 0.15) is 41.5 Å². The summed E-state index contributed by atoms with van der Waals surface area (Å²) in [6.45, 7) is 10.9. The molecular formula is C18H25N3O4. The maximum Gasteiger partial charge on any atom is 0.412 e. The van der Waals surface area contributed by atoms with E-state index < -0.39 is 17.3 Å². The average molecular weight is 347 g/mol. The van der Waals surface area contributed by atoms with E-state index in [1.165, 1.54) is 4.68 Å². The second-order valence-corrected chi connectivity index (χ2v) is 7.81. The summed E-state index contributed by atoms with van der Waals surface area (Å²) in [5, 5.41) is 7.82. The number of nitrogens with zero attached hydrogens (tertiary/aromatic N) is 2. The molecule has 0 saturated carbocycles. The molecule has 0 fully saturated rings. The van der Waals surface area contributed by atoms with Gasteiger partial charge in [-0.15, -0.1) is 0 Å². The van der Waals surface area contributed by atoms with Gasteiger partial charge in [-0.05, 0) is 59.7 Å². The lowest BCUT2D eigenvalue weighted by Crippen LogP contribution is -2.27. The van der Waals surface area contributed by atoms with Crippen molar-refractivity contribution in [2.75, 3.05) is 5.32 Å². The van der Waals surface area contributed by atoms with Gasteiger partial charge in [0.25, 0.3) is 0 Å². The number of hydrogen-bond acceptors (Lipinski definition) is 5. The molecule has 7 nitrogen and oxygen atoms in total. The van der Waals surface area contributed by atoms with Gasteiger partial charge in [-0.2, -0.15) is 5.10 Å². The minimum absolute atomic E-state index is 0.0285. The quantitative estimate of drug-likeness (QED) is 0.856. The highest BCUT2D eigenvalue weighted by molar-refractivity contribution is 5.89. The first-order valence-electron chi connectivity index (χ1n) is 8.10. The van der Waals surface area contributed by atoms with Gasteiger partial charge in [0.15, 0.2) is 0 Å². The fourth-order valence-electron chi connectivity index (χ4n) is 2.16. The predicted octanol–water partition coefficient (Wildman–Crippen LogP) is 3.73. The van der Waals surface area contributed by atoms with Gasteiger partial charge < -0.3 is 9.47 Å². The van der Waals surface area contributed by atoms with Crippen molar-refractivity contribution in [3.8, 4) is 0 Å². The third kappa shape index (κ3) is 6.10. The van der Waals surface area contributed by atoms with E-state index in [0.717, 1.165) is 10.9 Å². The van der Waals surface area contributed by atoms with Crippen LogP contribution in [0.2, 0.25) is 0 Å². The number of aromatic nitrogens is 2. The van der Waals surface area contributed by atoms with E-state index >= 15 is 0 Å². The van der Waals surface area contributed by atoms with Crippen LogP contribution in [0, 0.1) is 0 Å². The molecule has 0 radical (unpaired) electrons. The Kier molecular flexibility index (Phi) is 5.06. The van der Waals surface area contributed by atoms with E-state index in [2.05, 4.69) is 10.4 Å². The zero-order valence-electron chi connectivity index (χ0n) is 15.5. The Morgan fingerprint density at radius 3 is 2.32 bits per heavy atom. The molecular weight excluding hydrogens is 322 g/mol. The number of benzene rings is 1. The first-order chi connectivity index (χ1) is 11.4. The van der Waals surface area contributed by atoms with E-state index in [1.807, 2.05) is 20.8 Å². The molecule has 0 saturated heterocycles. The molecule has 2 rings (SSSR count). The maximum atomic E-state index is 11.9. The molecule has 1 amide bonds. The molecule has 25 heavy (non-hydrogen) atoms. The number of carbonyl (C=O) groups is 2. The van der Waals surface area contributed by atoms with Crippen molar-refractivity contribution in [3.63, 3.8) is 0 Å². The normalized spacial score (nSPS) is 12.1. The summed E-state index contributed by atoms with van der Waals surface area (Å²) in [5.41, 5.74) is 0.220. The molecule has 1 aromatic heterocycles. The number of amides is 1. The summed E-state index contributed by atoms with van der Waals surface area (Å²) in [6.07, 6.45) is 1.22. The van der Waals surface area contributed by atoms with E-state index in [1.54, 1.807) is 45.2 Å². The Bertz CT molecular complexity index is 754. The van der Waals surface area contributed by atoms with Crippen molar-refractivity contribution in [1.29, 1.82) is 0 Å². The third-order valence-corrected chi connectivity index (χ3v) is 2.91. The van der Waals surface area contributed by atoms with E-state index in [4.69, 9.17) is 9.47 Å². The molecule has 0 unspecified atom stereocenters. The standard InChI is InChI=1S/C18H25N3O4/c1-17(2,3)24-15(22)11-21-10-12-9-13(7-8-14(12)20-21)19-16(23)25-18(4,5)6/h7-10H,11H2,1-6H3,(H,19,23). The first-order valence-corrected chi connectivity index (χ1v) is 8.10. The number of ether oxygens (including phenoxy) is 2. The lowest BCUT2D eigenvalue weighted by atomic mass is 10.2. The van der Waals surface area contributed by atoms with Gasteiger partial charge in [0, 0.05) is 17.3 Å². The fourth-order valence-corrected chi connectivity index (χ4v) is 2.16. The average Bonchev–Trinajstić information content (AvgIpc) is 2.74. The highest BCUT2D eigenvalue weighted by Gasteiger charge is 2.18. The molecule has 0 bridgehead atoms. The van der Waals surface area contributed by atoms with Gasteiger partial charge in [0.2, 0.25) is 0 Å². The molecule has 136 valence electrons. The summed E-state index contributed by atoms with van der Waals surface area (Å²) in [7, 11) is 0. The number of nitrogens with one attached hydrogen (secondary N) is 1. The Labute approximate surface area is 147 Å². The summed E-state index contributed by atoms with van der Waals surface area (Å²) >= 11 is 0. The van der Waals surface area contributed by atoms with Gasteiger partial charge in [-0.25, -0.2) is 4.79 Å². The van der Waals surface area contributed by atoms with Crippen molar-refractivity contribution >= 4 is 28.7 Å². The van der Waals surface area contributed by atoms with Crippen LogP contribution in [-0.4, -0.2) is 33.0 Å². The number of hydrogen-bond donors (Lipinski definition) is 1. The van der Waals surface area contributed by atoms with Crippen molar-refractivity contribution in [1.82, 2.24) is 9.78 Å². The van der Waals surface area contributed by atoms with E-state index in [0.29, 0.717) is 5.69 Å². The molecule has 0 aliphatic heterocycles. The zero-order chi connectivity index (χ0) is 18.8. The number of fused-ring (bicyclic) bond motifs is 1. The van der Waals surface area contributed by atoms with Crippen LogP contribution < -0.4 is 5.32 Å². The Hall–Kier alpha value is -2.57. The van der Waals surface area contributed by atoms with Crippen molar-refractivity contribution in [2.45, 2.75) is 59.3 Å². The molecule has 1 aromatic carbocycles. The monoisotopic (exact) mass is 347 g/mol.